The molecule has 2 N–H and O–H groups in total. The van der Waals surface area contributed by atoms with Gasteiger partial charge < -0.3 is 10.4 Å². The third-order valence-corrected chi connectivity index (χ3v) is 3.53. The van der Waals surface area contributed by atoms with Crippen LogP contribution in [0.5, 0.6) is 0 Å². The molecule has 16 heavy (non-hydrogen) atoms. The molecule has 0 aliphatic heterocycles. The molecule has 0 aliphatic carbocycles. The summed E-state index contributed by atoms with van der Waals surface area (Å²) in [5.74, 6) is 0. The minimum Gasteiger partial charge on any atom is -0.387 e. The highest BCUT2D eigenvalue weighted by atomic mass is 32.1. The number of nitrogens with one attached hydrogen (secondary N) is 1. The molecule has 1 heterocycles. The normalized spacial score (nSPS) is 14.9. The number of unbranched alkanes of at least 4 members (excludes halogenated alkanes) is 2. The molecule has 0 amide bonds. The fourth-order valence-electron chi connectivity index (χ4n) is 1.70. The van der Waals surface area contributed by atoms with Crippen LogP contribution in [0, 0.1) is 0 Å². The highest BCUT2D eigenvalue weighted by Gasteiger charge is 2.09. The van der Waals surface area contributed by atoms with Gasteiger partial charge in [0.15, 0.2) is 0 Å². The molecule has 0 bridgehead atoms. The lowest BCUT2D eigenvalue weighted by atomic mass is 10.1. The average molecular weight is 241 g/mol. The summed E-state index contributed by atoms with van der Waals surface area (Å²) in [7, 11) is 0. The Hall–Kier alpha value is -0.380. The van der Waals surface area contributed by atoms with E-state index in [2.05, 4.69) is 19.2 Å². The maximum absolute atomic E-state index is 9.87. The Morgan fingerprint density at radius 3 is 2.88 bits per heavy atom. The first-order chi connectivity index (χ1) is 7.74. The largest absolute Gasteiger partial charge is 0.387 e. The van der Waals surface area contributed by atoms with Crippen molar-refractivity contribution in [2.24, 2.45) is 0 Å². The van der Waals surface area contributed by atoms with Gasteiger partial charge in [-0.2, -0.15) is 11.3 Å². The number of hydrogen-bond donors (Lipinski definition) is 2. The molecule has 1 aromatic rings. The van der Waals surface area contributed by atoms with Gasteiger partial charge in [0, 0.05) is 12.6 Å². The van der Waals surface area contributed by atoms with Gasteiger partial charge in [0.2, 0.25) is 0 Å². The lowest BCUT2D eigenvalue weighted by Gasteiger charge is -2.16. The molecule has 3 heteroatoms. The van der Waals surface area contributed by atoms with E-state index in [0.29, 0.717) is 12.6 Å². The monoisotopic (exact) mass is 241 g/mol. The molecule has 0 aromatic carbocycles. The van der Waals surface area contributed by atoms with Crippen LogP contribution in [0.4, 0.5) is 0 Å². The molecular formula is C13H23NOS. The van der Waals surface area contributed by atoms with Crippen molar-refractivity contribution in [3.63, 3.8) is 0 Å². The molecule has 1 aromatic heterocycles. The Labute approximate surface area is 103 Å². The second-order valence-electron chi connectivity index (χ2n) is 4.38. The first-order valence-corrected chi connectivity index (χ1v) is 7.11. The van der Waals surface area contributed by atoms with Crippen molar-refractivity contribution >= 4 is 11.3 Å². The molecule has 2 unspecified atom stereocenters. The average Bonchev–Trinajstić information content (AvgIpc) is 2.79. The van der Waals surface area contributed by atoms with Crippen LogP contribution in [-0.2, 0) is 0 Å². The van der Waals surface area contributed by atoms with E-state index < -0.39 is 0 Å². The van der Waals surface area contributed by atoms with Crippen LogP contribution in [0.1, 0.15) is 51.2 Å². The summed E-state index contributed by atoms with van der Waals surface area (Å²) in [6.45, 7) is 5.07. The fraction of sp³-hybridized carbons (Fsp3) is 0.692. The van der Waals surface area contributed by atoms with E-state index in [4.69, 9.17) is 0 Å². The predicted octanol–water partition coefficient (Wildman–Crippen LogP) is 3.34. The van der Waals surface area contributed by atoms with Gasteiger partial charge in [-0.3, -0.25) is 0 Å². The van der Waals surface area contributed by atoms with E-state index in [9.17, 15) is 5.11 Å². The van der Waals surface area contributed by atoms with Gasteiger partial charge >= 0.3 is 0 Å². The summed E-state index contributed by atoms with van der Waals surface area (Å²) >= 11 is 1.63. The fourth-order valence-corrected chi connectivity index (χ4v) is 2.40. The first-order valence-electron chi connectivity index (χ1n) is 6.17. The van der Waals surface area contributed by atoms with E-state index in [0.717, 1.165) is 5.56 Å². The molecule has 2 nitrogen and oxygen atoms in total. The molecule has 0 saturated carbocycles. The van der Waals surface area contributed by atoms with Gasteiger partial charge in [0.25, 0.3) is 0 Å². The smallest absolute Gasteiger partial charge is 0.0922 e. The second-order valence-corrected chi connectivity index (χ2v) is 5.16. The van der Waals surface area contributed by atoms with Crippen molar-refractivity contribution in [1.29, 1.82) is 0 Å². The van der Waals surface area contributed by atoms with E-state index in [1.54, 1.807) is 11.3 Å². The number of rotatable bonds is 8. The molecule has 2 atom stereocenters. The molecule has 1 rings (SSSR count). The maximum Gasteiger partial charge on any atom is 0.0922 e. The summed E-state index contributed by atoms with van der Waals surface area (Å²) in [6.07, 6.45) is 4.69. The summed E-state index contributed by atoms with van der Waals surface area (Å²) in [5, 5.41) is 17.3. The van der Waals surface area contributed by atoms with Crippen LogP contribution in [0.3, 0.4) is 0 Å². The summed E-state index contributed by atoms with van der Waals surface area (Å²) in [4.78, 5) is 0. The summed E-state index contributed by atoms with van der Waals surface area (Å²) in [5.41, 5.74) is 1.03. The Balaban J connectivity index is 2.14. The first kappa shape index (κ1) is 13.7. The molecule has 0 spiro atoms. The predicted molar refractivity (Wildman–Crippen MR) is 70.9 cm³/mol. The van der Waals surface area contributed by atoms with Crippen LogP contribution in [0.25, 0.3) is 0 Å². The molecular weight excluding hydrogens is 218 g/mol. The highest BCUT2D eigenvalue weighted by molar-refractivity contribution is 7.07. The van der Waals surface area contributed by atoms with Crippen molar-refractivity contribution in [2.45, 2.75) is 51.7 Å². The van der Waals surface area contributed by atoms with Gasteiger partial charge in [-0.1, -0.05) is 26.2 Å². The number of aliphatic hydroxyl groups is 1. The number of hydrogen-bond acceptors (Lipinski definition) is 3. The van der Waals surface area contributed by atoms with Crippen molar-refractivity contribution in [2.75, 3.05) is 6.54 Å². The third kappa shape index (κ3) is 5.10. The number of aliphatic hydroxyl groups excluding tert-OH is 1. The SMILES string of the molecule is CCCCCC(C)NCC(O)c1ccsc1. The van der Waals surface area contributed by atoms with Crippen LogP contribution >= 0.6 is 11.3 Å². The summed E-state index contributed by atoms with van der Waals surface area (Å²) < 4.78 is 0. The summed E-state index contributed by atoms with van der Waals surface area (Å²) in [6, 6.07) is 2.48. The minimum absolute atomic E-state index is 0.361. The minimum atomic E-state index is -0.361. The lowest BCUT2D eigenvalue weighted by Crippen LogP contribution is -2.30. The van der Waals surface area contributed by atoms with Gasteiger partial charge in [0.05, 0.1) is 6.10 Å². The van der Waals surface area contributed by atoms with E-state index in [1.165, 1.54) is 25.7 Å². The van der Waals surface area contributed by atoms with Crippen LogP contribution in [0.15, 0.2) is 16.8 Å². The Morgan fingerprint density at radius 1 is 1.44 bits per heavy atom. The number of thiophene rings is 1. The van der Waals surface area contributed by atoms with E-state index in [-0.39, 0.29) is 6.10 Å². The maximum atomic E-state index is 9.87. The standard InChI is InChI=1S/C13H23NOS/c1-3-4-5-6-11(2)14-9-13(15)12-7-8-16-10-12/h7-8,10-11,13-15H,3-6,9H2,1-2H3. The zero-order valence-corrected chi connectivity index (χ0v) is 11.1. The molecule has 0 aliphatic rings. The van der Waals surface area contributed by atoms with Gasteiger partial charge in [-0.25, -0.2) is 0 Å². The van der Waals surface area contributed by atoms with Crippen molar-refractivity contribution < 1.29 is 5.11 Å². The third-order valence-electron chi connectivity index (χ3n) is 2.83. The van der Waals surface area contributed by atoms with Crippen molar-refractivity contribution in [3.05, 3.63) is 22.4 Å². The van der Waals surface area contributed by atoms with E-state index in [1.807, 2.05) is 16.8 Å². The molecule has 0 fully saturated rings. The van der Waals surface area contributed by atoms with Gasteiger partial charge in [-0.15, -0.1) is 0 Å². The highest BCUT2D eigenvalue weighted by Crippen LogP contribution is 2.15. The Bertz CT molecular complexity index is 261. The molecule has 0 saturated heterocycles. The van der Waals surface area contributed by atoms with Crippen molar-refractivity contribution in [3.8, 4) is 0 Å². The second kappa shape index (κ2) is 7.82. The van der Waals surface area contributed by atoms with Crippen LogP contribution in [0.2, 0.25) is 0 Å². The molecule has 92 valence electrons. The van der Waals surface area contributed by atoms with Gasteiger partial charge in [0.1, 0.15) is 0 Å². The zero-order valence-electron chi connectivity index (χ0n) is 10.3. The van der Waals surface area contributed by atoms with Crippen LogP contribution < -0.4 is 5.32 Å². The Morgan fingerprint density at radius 2 is 2.25 bits per heavy atom. The van der Waals surface area contributed by atoms with Crippen LogP contribution in [-0.4, -0.2) is 17.7 Å². The Kier molecular flexibility index (Phi) is 6.69. The quantitative estimate of drug-likeness (QED) is 0.684. The topological polar surface area (TPSA) is 32.3 Å². The van der Waals surface area contributed by atoms with Gasteiger partial charge in [-0.05, 0) is 35.7 Å². The van der Waals surface area contributed by atoms with Crippen molar-refractivity contribution in [1.82, 2.24) is 5.32 Å². The van der Waals surface area contributed by atoms with E-state index >= 15 is 0 Å². The molecule has 0 radical (unpaired) electrons. The zero-order chi connectivity index (χ0) is 11.8. The lowest BCUT2D eigenvalue weighted by molar-refractivity contribution is 0.170.